The third-order valence-electron chi connectivity index (χ3n) is 6.02. The third kappa shape index (κ3) is 3.81. The Kier molecular flexibility index (Phi) is 5.61. The maximum absolute atomic E-state index is 12.7. The van der Waals surface area contributed by atoms with Gasteiger partial charge in [-0.15, -0.1) is 0 Å². The summed E-state index contributed by atoms with van der Waals surface area (Å²) in [5, 5.41) is 6.03. The van der Waals surface area contributed by atoms with Crippen molar-refractivity contribution in [3.8, 4) is 0 Å². The SMILES string of the molecule is CNCCC1CCN(C(=O)CN2C(=O)NC3(CCCCC3)C2=O)CC1. The molecular weight excluding hydrogens is 320 g/mol. The number of rotatable bonds is 5. The molecule has 0 unspecified atom stereocenters. The van der Waals surface area contributed by atoms with Gasteiger partial charge in [-0.3, -0.25) is 14.5 Å². The van der Waals surface area contributed by atoms with Crippen LogP contribution in [0, 0.1) is 5.92 Å². The van der Waals surface area contributed by atoms with Crippen LogP contribution in [0.5, 0.6) is 0 Å². The van der Waals surface area contributed by atoms with Gasteiger partial charge in [-0.05, 0) is 51.6 Å². The van der Waals surface area contributed by atoms with Gasteiger partial charge in [0.25, 0.3) is 5.91 Å². The van der Waals surface area contributed by atoms with Crippen molar-refractivity contribution in [1.29, 1.82) is 0 Å². The number of nitrogens with zero attached hydrogens (tertiary/aromatic N) is 2. The lowest BCUT2D eigenvalue weighted by molar-refractivity contribution is -0.140. The van der Waals surface area contributed by atoms with Gasteiger partial charge in [0.15, 0.2) is 0 Å². The number of piperidine rings is 1. The van der Waals surface area contributed by atoms with Crippen LogP contribution in [0.25, 0.3) is 0 Å². The van der Waals surface area contributed by atoms with Crippen LogP contribution in [0.1, 0.15) is 51.4 Å². The van der Waals surface area contributed by atoms with Crippen molar-refractivity contribution < 1.29 is 14.4 Å². The van der Waals surface area contributed by atoms with E-state index in [9.17, 15) is 14.4 Å². The molecule has 140 valence electrons. The molecule has 7 nitrogen and oxygen atoms in total. The highest BCUT2D eigenvalue weighted by atomic mass is 16.2. The van der Waals surface area contributed by atoms with Crippen molar-refractivity contribution in [2.24, 2.45) is 5.92 Å². The van der Waals surface area contributed by atoms with E-state index in [2.05, 4.69) is 10.6 Å². The van der Waals surface area contributed by atoms with Gasteiger partial charge in [0.05, 0.1) is 0 Å². The fourth-order valence-corrected chi connectivity index (χ4v) is 4.37. The average molecular weight is 350 g/mol. The van der Waals surface area contributed by atoms with Crippen LogP contribution in [0.15, 0.2) is 0 Å². The van der Waals surface area contributed by atoms with E-state index in [4.69, 9.17) is 0 Å². The molecule has 0 aromatic heterocycles. The minimum absolute atomic E-state index is 0.108. The van der Waals surface area contributed by atoms with Gasteiger partial charge in [0, 0.05) is 13.1 Å². The lowest BCUT2D eigenvalue weighted by Gasteiger charge is -2.33. The fraction of sp³-hybridized carbons (Fsp3) is 0.833. The summed E-state index contributed by atoms with van der Waals surface area (Å²) < 4.78 is 0. The van der Waals surface area contributed by atoms with Crippen LogP contribution in [-0.2, 0) is 9.59 Å². The minimum Gasteiger partial charge on any atom is -0.341 e. The molecule has 25 heavy (non-hydrogen) atoms. The molecule has 2 saturated heterocycles. The molecule has 0 bridgehead atoms. The molecule has 3 aliphatic rings. The molecule has 1 spiro atoms. The van der Waals surface area contributed by atoms with Gasteiger partial charge < -0.3 is 15.5 Å². The number of hydrogen-bond donors (Lipinski definition) is 2. The van der Waals surface area contributed by atoms with Gasteiger partial charge in [-0.25, -0.2) is 4.79 Å². The van der Waals surface area contributed by atoms with Gasteiger partial charge in [-0.2, -0.15) is 0 Å². The number of carbonyl (C=O) groups excluding carboxylic acids is 3. The Labute approximate surface area is 149 Å². The molecule has 2 N–H and O–H groups in total. The van der Waals surface area contributed by atoms with Crippen LogP contribution in [-0.4, -0.2) is 66.4 Å². The summed E-state index contributed by atoms with van der Waals surface area (Å²) in [7, 11) is 1.95. The number of imide groups is 1. The van der Waals surface area contributed by atoms with Crippen LogP contribution < -0.4 is 10.6 Å². The van der Waals surface area contributed by atoms with E-state index < -0.39 is 11.6 Å². The lowest BCUT2D eigenvalue weighted by atomic mass is 9.82. The molecule has 2 aliphatic heterocycles. The summed E-state index contributed by atoms with van der Waals surface area (Å²) in [5.74, 6) is 0.344. The number of nitrogens with one attached hydrogen (secondary N) is 2. The number of likely N-dealkylation sites (tertiary alicyclic amines) is 1. The van der Waals surface area contributed by atoms with Gasteiger partial charge >= 0.3 is 6.03 Å². The Morgan fingerprint density at radius 3 is 2.52 bits per heavy atom. The number of carbonyl (C=O) groups is 3. The number of urea groups is 1. The zero-order valence-electron chi connectivity index (χ0n) is 15.2. The zero-order valence-corrected chi connectivity index (χ0v) is 15.2. The molecule has 3 fully saturated rings. The van der Waals surface area contributed by atoms with E-state index in [1.54, 1.807) is 0 Å². The smallest absolute Gasteiger partial charge is 0.325 e. The van der Waals surface area contributed by atoms with E-state index in [1.807, 2.05) is 11.9 Å². The summed E-state index contributed by atoms with van der Waals surface area (Å²) >= 11 is 0. The summed E-state index contributed by atoms with van der Waals surface area (Å²) in [6, 6.07) is -0.399. The molecule has 0 radical (unpaired) electrons. The molecule has 0 aromatic rings. The Balaban J connectivity index is 1.53. The first-order chi connectivity index (χ1) is 12.1. The average Bonchev–Trinajstić information content (AvgIpc) is 2.85. The second-order valence-electron chi connectivity index (χ2n) is 7.68. The monoisotopic (exact) mass is 350 g/mol. The molecule has 4 amide bonds. The molecule has 1 saturated carbocycles. The number of hydrogen-bond acceptors (Lipinski definition) is 4. The van der Waals surface area contributed by atoms with Crippen LogP contribution >= 0.6 is 0 Å². The van der Waals surface area contributed by atoms with Crippen LogP contribution in [0.3, 0.4) is 0 Å². The molecule has 1 aliphatic carbocycles. The number of amides is 4. The first-order valence-corrected chi connectivity index (χ1v) is 9.62. The van der Waals surface area contributed by atoms with E-state index >= 15 is 0 Å². The topological polar surface area (TPSA) is 81.8 Å². The standard InChI is InChI=1S/C18H30N4O3/c1-19-10-5-14-6-11-21(12-7-14)15(23)13-22-16(24)18(20-17(22)25)8-3-2-4-9-18/h14,19H,2-13H2,1H3,(H,20,25). The van der Waals surface area contributed by atoms with Crippen molar-refractivity contribution >= 4 is 17.8 Å². The Bertz CT molecular complexity index is 522. The molecule has 0 atom stereocenters. The largest absolute Gasteiger partial charge is 0.341 e. The van der Waals surface area contributed by atoms with Gasteiger partial charge in [0.2, 0.25) is 5.91 Å². The molecule has 7 heteroatoms. The first kappa shape index (κ1) is 18.2. The van der Waals surface area contributed by atoms with Crippen molar-refractivity contribution in [1.82, 2.24) is 20.4 Å². The maximum Gasteiger partial charge on any atom is 0.325 e. The van der Waals surface area contributed by atoms with Crippen LogP contribution in [0.4, 0.5) is 4.79 Å². The normalized spacial score (nSPS) is 24.0. The lowest BCUT2D eigenvalue weighted by Crippen LogP contribution is -2.49. The molecule has 2 heterocycles. The Morgan fingerprint density at radius 2 is 1.88 bits per heavy atom. The predicted octanol–water partition coefficient (Wildman–Crippen LogP) is 1.09. The summed E-state index contributed by atoms with van der Waals surface area (Å²) in [6.07, 6.45) is 7.52. The van der Waals surface area contributed by atoms with Gasteiger partial charge in [-0.1, -0.05) is 19.3 Å². The molecule has 0 aromatic carbocycles. The fourth-order valence-electron chi connectivity index (χ4n) is 4.37. The Morgan fingerprint density at radius 1 is 1.20 bits per heavy atom. The highest BCUT2D eigenvalue weighted by Gasteiger charge is 2.51. The molecular formula is C18H30N4O3. The van der Waals surface area contributed by atoms with E-state index in [0.29, 0.717) is 18.8 Å². The highest BCUT2D eigenvalue weighted by Crippen LogP contribution is 2.33. The van der Waals surface area contributed by atoms with E-state index in [0.717, 1.165) is 63.1 Å². The molecule has 3 rings (SSSR count). The van der Waals surface area contributed by atoms with Crippen LogP contribution in [0.2, 0.25) is 0 Å². The first-order valence-electron chi connectivity index (χ1n) is 9.62. The Hall–Kier alpha value is -1.63. The third-order valence-corrected chi connectivity index (χ3v) is 6.02. The second kappa shape index (κ2) is 7.72. The highest BCUT2D eigenvalue weighted by molar-refractivity contribution is 6.09. The summed E-state index contributed by atoms with van der Waals surface area (Å²) in [5.41, 5.74) is -0.740. The van der Waals surface area contributed by atoms with Crippen molar-refractivity contribution in [3.05, 3.63) is 0 Å². The van der Waals surface area contributed by atoms with Crippen molar-refractivity contribution in [2.75, 3.05) is 33.2 Å². The van der Waals surface area contributed by atoms with Crippen molar-refractivity contribution in [3.63, 3.8) is 0 Å². The predicted molar refractivity (Wildman–Crippen MR) is 93.9 cm³/mol. The zero-order chi connectivity index (χ0) is 17.9. The van der Waals surface area contributed by atoms with Gasteiger partial charge in [0.1, 0.15) is 12.1 Å². The maximum atomic E-state index is 12.7. The summed E-state index contributed by atoms with van der Waals surface area (Å²) in [4.78, 5) is 40.5. The minimum atomic E-state index is -0.740. The van der Waals surface area contributed by atoms with E-state index in [1.165, 1.54) is 0 Å². The second-order valence-corrected chi connectivity index (χ2v) is 7.68. The quantitative estimate of drug-likeness (QED) is 0.727. The van der Waals surface area contributed by atoms with E-state index in [-0.39, 0.29) is 18.4 Å². The summed E-state index contributed by atoms with van der Waals surface area (Å²) in [6.45, 7) is 2.33. The van der Waals surface area contributed by atoms with Crippen molar-refractivity contribution in [2.45, 2.75) is 56.9 Å².